The summed E-state index contributed by atoms with van der Waals surface area (Å²) in [5.74, 6) is -0.315. The third-order valence-electron chi connectivity index (χ3n) is 5.97. The molecule has 2 aromatic carbocycles. The molecule has 0 aliphatic heterocycles. The van der Waals surface area contributed by atoms with Crippen molar-refractivity contribution >= 4 is 17.7 Å². The molecule has 2 aromatic rings. The molecule has 0 saturated carbocycles. The van der Waals surface area contributed by atoms with Gasteiger partial charge in [0.1, 0.15) is 22.8 Å². The molecule has 2 rings (SSSR count). The standard InChI is InChI=1S/C29H41N3O7.Na/c1-19(2)32(20(3)4)27(33)24-15-14-23(18-25(24)39-29(5,6)28(34)35)38-17-9-7-8-16-37-22-12-10-21(11-13-22)26(30)31-36;/h10-15,18-20,36H,7-9,16-17H2,1-6H3,(H2,30,31)(H,34,35);/q;+1/p-1. The fraction of sp³-hybridized carbons (Fsp3) is 0.483. The summed E-state index contributed by atoms with van der Waals surface area (Å²) in [5, 5.41) is 23.3. The average molecular weight is 566 g/mol. The van der Waals surface area contributed by atoms with Crippen molar-refractivity contribution in [3.05, 3.63) is 53.6 Å². The number of unbranched alkanes of at least 4 members (excludes halogenated alkanes) is 2. The predicted molar refractivity (Wildman–Crippen MR) is 146 cm³/mol. The van der Waals surface area contributed by atoms with Crippen LogP contribution in [-0.4, -0.2) is 58.7 Å². The molecular formula is C29H40N3NaO7. The van der Waals surface area contributed by atoms with Gasteiger partial charge in [0.05, 0.1) is 24.7 Å². The van der Waals surface area contributed by atoms with Crippen molar-refractivity contribution in [3.63, 3.8) is 0 Å². The fourth-order valence-corrected chi connectivity index (χ4v) is 3.92. The van der Waals surface area contributed by atoms with Crippen molar-refractivity contribution in [1.29, 1.82) is 0 Å². The largest absolute Gasteiger partial charge is 1.00 e. The first-order chi connectivity index (χ1) is 18.4. The molecule has 214 valence electrons. The van der Waals surface area contributed by atoms with E-state index in [1.807, 2.05) is 27.7 Å². The molecule has 0 saturated heterocycles. The van der Waals surface area contributed by atoms with Gasteiger partial charge in [-0.15, -0.1) is 0 Å². The molecule has 0 radical (unpaired) electrons. The van der Waals surface area contributed by atoms with E-state index >= 15 is 0 Å². The Kier molecular flexibility index (Phi) is 14.3. The molecule has 11 heteroatoms. The molecule has 0 aliphatic carbocycles. The number of ether oxygens (including phenoxy) is 3. The fourth-order valence-electron chi connectivity index (χ4n) is 3.92. The number of oxime groups is 1. The third kappa shape index (κ3) is 10.2. The zero-order valence-electron chi connectivity index (χ0n) is 24.6. The monoisotopic (exact) mass is 565 g/mol. The third-order valence-corrected chi connectivity index (χ3v) is 5.97. The van der Waals surface area contributed by atoms with Gasteiger partial charge in [-0.25, -0.2) is 0 Å². The summed E-state index contributed by atoms with van der Waals surface area (Å²) < 4.78 is 17.4. The summed E-state index contributed by atoms with van der Waals surface area (Å²) in [6.07, 6.45) is 2.44. The molecule has 40 heavy (non-hydrogen) atoms. The maximum Gasteiger partial charge on any atom is 1.00 e. The average Bonchev–Trinajstić information content (AvgIpc) is 2.87. The Morgan fingerprint density at radius 1 is 0.950 bits per heavy atom. The zero-order chi connectivity index (χ0) is 29.2. The topological polar surface area (TPSA) is 147 Å². The molecule has 10 nitrogen and oxygen atoms in total. The number of carbonyl (C=O) groups is 2. The summed E-state index contributed by atoms with van der Waals surface area (Å²) in [7, 11) is 0. The molecular weight excluding hydrogens is 525 g/mol. The molecule has 0 atom stereocenters. The number of amidine groups is 1. The Bertz CT molecular complexity index is 1130. The predicted octanol–water partition coefficient (Wildman–Crippen LogP) is 0.580. The Hall–Kier alpha value is -2.95. The minimum absolute atomic E-state index is 0. The molecule has 1 amide bonds. The summed E-state index contributed by atoms with van der Waals surface area (Å²) >= 11 is 0. The van der Waals surface area contributed by atoms with Gasteiger partial charge in [0, 0.05) is 23.7 Å². The Morgan fingerprint density at radius 3 is 1.98 bits per heavy atom. The van der Waals surface area contributed by atoms with Gasteiger partial charge in [-0.2, -0.15) is 0 Å². The second-order valence-corrected chi connectivity index (χ2v) is 10.2. The van der Waals surface area contributed by atoms with Crippen molar-refractivity contribution in [2.24, 2.45) is 10.9 Å². The van der Waals surface area contributed by atoms with Crippen LogP contribution >= 0.6 is 0 Å². The van der Waals surface area contributed by atoms with Crippen LogP contribution in [0.15, 0.2) is 47.6 Å². The van der Waals surface area contributed by atoms with E-state index in [1.54, 1.807) is 47.4 Å². The van der Waals surface area contributed by atoms with E-state index in [1.165, 1.54) is 13.8 Å². The first-order valence-corrected chi connectivity index (χ1v) is 13.1. The Balaban J connectivity index is 0.00000800. The minimum Gasteiger partial charge on any atom is -0.546 e. The van der Waals surface area contributed by atoms with Crippen LogP contribution in [0.2, 0.25) is 0 Å². The Labute approximate surface area is 258 Å². The zero-order valence-corrected chi connectivity index (χ0v) is 26.6. The van der Waals surface area contributed by atoms with Gasteiger partial charge < -0.3 is 40.0 Å². The molecule has 3 N–H and O–H groups in total. The minimum atomic E-state index is -1.65. The Morgan fingerprint density at radius 2 is 1.48 bits per heavy atom. The number of hydrogen-bond donors (Lipinski definition) is 2. The van der Waals surface area contributed by atoms with E-state index in [4.69, 9.17) is 25.2 Å². The number of nitrogens with two attached hydrogens (primary N) is 1. The van der Waals surface area contributed by atoms with Crippen LogP contribution in [-0.2, 0) is 4.79 Å². The number of carbonyl (C=O) groups excluding carboxylic acids is 2. The maximum atomic E-state index is 13.3. The van der Waals surface area contributed by atoms with Crippen LogP contribution < -0.4 is 54.6 Å². The second kappa shape index (κ2) is 16.3. The molecule has 0 aliphatic rings. The van der Waals surface area contributed by atoms with E-state index in [0.29, 0.717) is 30.3 Å². The molecule has 0 aromatic heterocycles. The van der Waals surface area contributed by atoms with Crippen molar-refractivity contribution in [3.8, 4) is 17.2 Å². The summed E-state index contributed by atoms with van der Waals surface area (Å²) in [5.41, 5.74) is 4.77. The smallest absolute Gasteiger partial charge is 0.546 e. The number of benzene rings is 2. The van der Waals surface area contributed by atoms with Crippen molar-refractivity contribution < 1.29 is 63.7 Å². The van der Waals surface area contributed by atoms with Crippen molar-refractivity contribution in [2.45, 2.75) is 78.5 Å². The van der Waals surface area contributed by atoms with Gasteiger partial charge in [-0.3, -0.25) is 4.79 Å². The normalized spacial score (nSPS) is 11.7. The number of carboxylic acids is 1. The number of nitrogens with zero attached hydrogens (tertiary/aromatic N) is 2. The van der Waals surface area contributed by atoms with E-state index in [2.05, 4.69) is 5.16 Å². The van der Waals surface area contributed by atoms with E-state index in [0.717, 1.165) is 19.3 Å². The SMILES string of the molecule is CC(C)N(C(=O)c1ccc(OCCCCCOc2ccc(C(N)=NO)cc2)cc1OC(C)(C)C(=O)[O-])C(C)C.[Na+]. The van der Waals surface area contributed by atoms with E-state index < -0.39 is 11.6 Å². The van der Waals surface area contributed by atoms with Gasteiger partial charge in [0.15, 0.2) is 5.84 Å². The van der Waals surface area contributed by atoms with Crippen molar-refractivity contribution in [1.82, 2.24) is 4.90 Å². The van der Waals surface area contributed by atoms with Gasteiger partial charge in [0.25, 0.3) is 5.91 Å². The van der Waals surface area contributed by atoms with Gasteiger partial charge in [-0.1, -0.05) is 5.16 Å². The van der Waals surface area contributed by atoms with Crippen LogP contribution in [0.25, 0.3) is 0 Å². The molecule has 0 fully saturated rings. The van der Waals surface area contributed by atoms with Crippen molar-refractivity contribution in [2.75, 3.05) is 13.2 Å². The number of hydrogen-bond acceptors (Lipinski definition) is 8. The van der Waals surface area contributed by atoms with Gasteiger partial charge >= 0.3 is 29.6 Å². The number of aliphatic carboxylic acids is 1. The van der Waals surface area contributed by atoms with Crippen LogP contribution in [0.4, 0.5) is 0 Å². The molecule has 0 bridgehead atoms. The van der Waals surface area contributed by atoms with Crippen LogP contribution in [0.3, 0.4) is 0 Å². The van der Waals surface area contributed by atoms with Gasteiger partial charge in [-0.05, 0) is 97.2 Å². The van der Waals surface area contributed by atoms with Crippen LogP contribution in [0.1, 0.15) is 76.7 Å². The number of carboxylic acid groups (broad SMARTS) is 1. The van der Waals surface area contributed by atoms with Crippen LogP contribution in [0, 0.1) is 0 Å². The summed E-state index contributed by atoms with van der Waals surface area (Å²) in [6.45, 7) is 11.4. The van der Waals surface area contributed by atoms with Crippen LogP contribution in [0.5, 0.6) is 17.2 Å². The first-order valence-electron chi connectivity index (χ1n) is 13.1. The molecule has 0 spiro atoms. The van der Waals surface area contributed by atoms with E-state index in [9.17, 15) is 14.7 Å². The van der Waals surface area contributed by atoms with E-state index in [-0.39, 0.29) is 64.7 Å². The second-order valence-electron chi connectivity index (χ2n) is 10.2. The van der Waals surface area contributed by atoms with Gasteiger partial charge in [0.2, 0.25) is 0 Å². The molecule has 0 unspecified atom stereocenters. The summed E-state index contributed by atoms with van der Waals surface area (Å²) in [4.78, 5) is 26.7. The maximum absolute atomic E-state index is 13.3. The summed E-state index contributed by atoms with van der Waals surface area (Å²) in [6, 6.07) is 11.7. The number of amides is 1. The first kappa shape index (κ1) is 35.1. The quantitative estimate of drug-likeness (QED) is 0.0796. The number of rotatable bonds is 15. The molecule has 0 heterocycles.